The van der Waals surface area contributed by atoms with E-state index in [1.807, 2.05) is 6.33 Å². The van der Waals surface area contributed by atoms with E-state index in [0.717, 1.165) is 12.2 Å². The second-order valence-electron chi connectivity index (χ2n) is 4.68. The van der Waals surface area contributed by atoms with Gasteiger partial charge in [0.25, 0.3) is 0 Å². The van der Waals surface area contributed by atoms with Gasteiger partial charge in [-0.05, 0) is 30.2 Å². The zero-order chi connectivity index (χ0) is 12.5. The minimum Gasteiger partial charge on any atom is -0.330 e. The van der Waals surface area contributed by atoms with E-state index in [1.165, 1.54) is 22.0 Å². The third-order valence-corrected chi connectivity index (χ3v) is 3.57. The number of hydrogen-bond acceptors (Lipinski definition) is 1. The van der Waals surface area contributed by atoms with Crippen molar-refractivity contribution >= 4 is 10.8 Å². The summed E-state index contributed by atoms with van der Waals surface area (Å²) in [7, 11) is 0. The predicted molar refractivity (Wildman–Crippen MR) is 74.8 cm³/mol. The highest BCUT2D eigenvalue weighted by Gasteiger charge is 2.05. The van der Waals surface area contributed by atoms with Crippen LogP contribution in [0.3, 0.4) is 0 Å². The Hall–Kier alpha value is -2.09. The lowest BCUT2D eigenvalue weighted by molar-refractivity contribution is 0.773. The van der Waals surface area contributed by atoms with Gasteiger partial charge in [-0.15, -0.1) is 0 Å². The number of imidazole rings is 1. The Morgan fingerprint density at radius 2 is 1.78 bits per heavy atom. The number of hydrogen-bond donors (Lipinski definition) is 0. The lowest BCUT2D eigenvalue weighted by atomic mass is 10.0. The van der Waals surface area contributed by atoms with Crippen LogP contribution in [0.2, 0.25) is 0 Å². The lowest BCUT2D eigenvalue weighted by Gasteiger charge is -2.09. The van der Waals surface area contributed by atoms with Crippen molar-refractivity contribution in [3.05, 3.63) is 65.7 Å². The lowest BCUT2D eigenvalue weighted by Crippen LogP contribution is -2.01. The maximum absolute atomic E-state index is 4.36. The Morgan fingerprint density at radius 1 is 1.00 bits per heavy atom. The zero-order valence-electron chi connectivity index (χ0n) is 10.7. The number of rotatable bonds is 2. The fourth-order valence-electron chi connectivity index (χ4n) is 2.32. The standard InChI is InChI=1S/C16H16N2/c1-12-13(2)18(11-17-12)10-15-8-5-7-14-6-3-4-9-16(14)15/h3-9,11H,10H2,1-2H3. The van der Waals surface area contributed by atoms with Crippen LogP contribution in [-0.4, -0.2) is 9.55 Å². The van der Waals surface area contributed by atoms with Crippen molar-refractivity contribution in [1.82, 2.24) is 9.55 Å². The van der Waals surface area contributed by atoms with Gasteiger partial charge in [-0.25, -0.2) is 4.98 Å². The van der Waals surface area contributed by atoms with E-state index in [4.69, 9.17) is 0 Å². The average Bonchev–Trinajstić information content (AvgIpc) is 2.71. The maximum Gasteiger partial charge on any atom is 0.0954 e. The number of nitrogens with zero attached hydrogens (tertiary/aromatic N) is 2. The molecule has 0 N–H and O–H groups in total. The van der Waals surface area contributed by atoms with Gasteiger partial charge in [0, 0.05) is 12.2 Å². The van der Waals surface area contributed by atoms with Gasteiger partial charge in [-0.2, -0.15) is 0 Å². The molecule has 0 fully saturated rings. The van der Waals surface area contributed by atoms with E-state index in [1.54, 1.807) is 0 Å². The summed E-state index contributed by atoms with van der Waals surface area (Å²) >= 11 is 0. The molecule has 1 heterocycles. The number of benzene rings is 2. The summed E-state index contributed by atoms with van der Waals surface area (Å²) in [5.41, 5.74) is 3.69. The molecule has 2 nitrogen and oxygen atoms in total. The summed E-state index contributed by atoms with van der Waals surface area (Å²) < 4.78 is 2.21. The second kappa shape index (κ2) is 4.30. The fourth-order valence-corrected chi connectivity index (χ4v) is 2.32. The number of aryl methyl sites for hydroxylation is 1. The highest BCUT2D eigenvalue weighted by Crippen LogP contribution is 2.20. The molecule has 0 radical (unpaired) electrons. The van der Waals surface area contributed by atoms with Crippen LogP contribution in [0.1, 0.15) is 17.0 Å². The van der Waals surface area contributed by atoms with E-state index in [2.05, 4.69) is 65.9 Å². The third-order valence-electron chi connectivity index (χ3n) is 3.57. The molecule has 0 saturated carbocycles. The third kappa shape index (κ3) is 1.80. The van der Waals surface area contributed by atoms with Gasteiger partial charge < -0.3 is 4.57 Å². The van der Waals surface area contributed by atoms with E-state index >= 15 is 0 Å². The summed E-state index contributed by atoms with van der Waals surface area (Å²) in [4.78, 5) is 4.36. The van der Waals surface area contributed by atoms with E-state index in [-0.39, 0.29) is 0 Å². The molecule has 90 valence electrons. The molecule has 0 atom stereocenters. The molecule has 3 rings (SSSR count). The molecule has 0 spiro atoms. The first-order valence-electron chi connectivity index (χ1n) is 6.20. The molecular formula is C16H16N2. The molecule has 0 bridgehead atoms. The van der Waals surface area contributed by atoms with Crippen molar-refractivity contribution in [1.29, 1.82) is 0 Å². The molecule has 2 heteroatoms. The van der Waals surface area contributed by atoms with E-state index in [9.17, 15) is 0 Å². The molecule has 0 saturated heterocycles. The van der Waals surface area contributed by atoms with Gasteiger partial charge in [0.05, 0.1) is 12.0 Å². The smallest absolute Gasteiger partial charge is 0.0954 e. The number of fused-ring (bicyclic) bond motifs is 1. The molecule has 18 heavy (non-hydrogen) atoms. The van der Waals surface area contributed by atoms with Crippen LogP contribution in [0.25, 0.3) is 10.8 Å². The largest absolute Gasteiger partial charge is 0.330 e. The van der Waals surface area contributed by atoms with E-state index in [0.29, 0.717) is 0 Å². The van der Waals surface area contributed by atoms with Crippen LogP contribution in [0.4, 0.5) is 0 Å². The summed E-state index contributed by atoms with van der Waals surface area (Å²) in [6.07, 6.45) is 1.92. The predicted octanol–water partition coefficient (Wildman–Crippen LogP) is 3.70. The molecule has 3 aromatic rings. The summed E-state index contributed by atoms with van der Waals surface area (Å²) in [5.74, 6) is 0. The quantitative estimate of drug-likeness (QED) is 0.663. The van der Waals surface area contributed by atoms with Gasteiger partial charge in [0.2, 0.25) is 0 Å². The minimum absolute atomic E-state index is 0.883. The highest BCUT2D eigenvalue weighted by molar-refractivity contribution is 5.85. The first kappa shape index (κ1) is 11.0. The van der Waals surface area contributed by atoms with Crippen LogP contribution < -0.4 is 0 Å². The van der Waals surface area contributed by atoms with Crippen LogP contribution >= 0.6 is 0 Å². The molecule has 0 amide bonds. The molecule has 0 unspecified atom stereocenters. The van der Waals surface area contributed by atoms with Gasteiger partial charge in [0.15, 0.2) is 0 Å². The molecular weight excluding hydrogens is 220 g/mol. The molecule has 0 aliphatic carbocycles. The van der Waals surface area contributed by atoms with Gasteiger partial charge in [-0.1, -0.05) is 42.5 Å². The maximum atomic E-state index is 4.36. The Bertz CT molecular complexity index is 690. The average molecular weight is 236 g/mol. The van der Waals surface area contributed by atoms with Crippen molar-refractivity contribution in [3.8, 4) is 0 Å². The second-order valence-corrected chi connectivity index (χ2v) is 4.68. The van der Waals surface area contributed by atoms with Crippen molar-refractivity contribution in [3.63, 3.8) is 0 Å². The SMILES string of the molecule is Cc1ncn(Cc2cccc3ccccc23)c1C. The minimum atomic E-state index is 0.883. The van der Waals surface area contributed by atoms with Gasteiger partial charge in [0.1, 0.15) is 0 Å². The monoisotopic (exact) mass is 236 g/mol. The van der Waals surface area contributed by atoms with E-state index < -0.39 is 0 Å². The van der Waals surface area contributed by atoms with Crippen molar-refractivity contribution in [2.75, 3.05) is 0 Å². The van der Waals surface area contributed by atoms with Crippen molar-refractivity contribution in [2.45, 2.75) is 20.4 Å². The first-order valence-corrected chi connectivity index (χ1v) is 6.20. The Balaban J connectivity index is 2.08. The Kier molecular flexibility index (Phi) is 2.63. The molecule has 1 aromatic heterocycles. The number of aromatic nitrogens is 2. The molecule has 2 aromatic carbocycles. The van der Waals surface area contributed by atoms with Crippen molar-refractivity contribution in [2.24, 2.45) is 0 Å². The Morgan fingerprint density at radius 3 is 2.56 bits per heavy atom. The van der Waals surface area contributed by atoms with Gasteiger partial charge in [-0.3, -0.25) is 0 Å². The summed E-state index contributed by atoms with van der Waals surface area (Å²) in [6, 6.07) is 15.0. The Labute approximate surface area is 107 Å². The van der Waals surface area contributed by atoms with Crippen LogP contribution in [0, 0.1) is 13.8 Å². The van der Waals surface area contributed by atoms with Gasteiger partial charge >= 0.3 is 0 Å². The van der Waals surface area contributed by atoms with Crippen LogP contribution in [-0.2, 0) is 6.54 Å². The van der Waals surface area contributed by atoms with Crippen molar-refractivity contribution < 1.29 is 0 Å². The summed E-state index contributed by atoms with van der Waals surface area (Å²) in [6.45, 7) is 5.05. The normalized spacial score (nSPS) is 11.0. The molecule has 0 aliphatic heterocycles. The fraction of sp³-hybridized carbons (Fsp3) is 0.188. The van der Waals surface area contributed by atoms with Crippen LogP contribution in [0.15, 0.2) is 48.8 Å². The van der Waals surface area contributed by atoms with Crippen LogP contribution in [0.5, 0.6) is 0 Å². The topological polar surface area (TPSA) is 17.8 Å². The first-order chi connectivity index (χ1) is 8.75. The zero-order valence-corrected chi connectivity index (χ0v) is 10.7. The molecule has 0 aliphatic rings. The highest BCUT2D eigenvalue weighted by atomic mass is 15.0. The summed E-state index contributed by atoms with van der Waals surface area (Å²) in [5, 5.41) is 2.62.